The first-order chi connectivity index (χ1) is 8.52. The molecule has 0 aliphatic carbocycles. The van der Waals surface area contributed by atoms with E-state index in [4.69, 9.17) is 16.7 Å². The molecule has 1 atom stereocenters. The maximum Gasteiger partial charge on any atom is 0.308 e. The standard InChI is InChI=1S/C12H14ClNO3S/c1-2-8(12(16)17)7-14-11(15)6-4-9-3-5-10(13)18-9/h3-6,8H,2,7H2,1H3,(H,14,15)(H,16,17). The van der Waals surface area contributed by atoms with Crippen molar-refractivity contribution in [3.63, 3.8) is 0 Å². The van der Waals surface area contributed by atoms with E-state index in [2.05, 4.69) is 5.32 Å². The molecule has 98 valence electrons. The summed E-state index contributed by atoms with van der Waals surface area (Å²) in [5.74, 6) is -1.75. The van der Waals surface area contributed by atoms with Gasteiger partial charge in [0.05, 0.1) is 10.3 Å². The predicted molar refractivity (Wildman–Crippen MR) is 72.8 cm³/mol. The quantitative estimate of drug-likeness (QED) is 0.791. The topological polar surface area (TPSA) is 66.4 Å². The molecule has 1 unspecified atom stereocenters. The van der Waals surface area contributed by atoms with Crippen molar-refractivity contribution >= 4 is 40.9 Å². The van der Waals surface area contributed by atoms with Crippen molar-refractivity contribution in [1.29, 1.82) is 0 Å². The normalized spacial score (nSPS) is 12.6. The van der Waals surface area contributed by atoms with Crippen molar-refractivity contribution in [2.75, 3.05) is 6.54 Å². The fraction of sp³-hybridized carbons (Fsp3) is 0.333. The van der Waals surface area contributed by atoms with Gasteiger partial charge in [0.25, 0.3) is 0 Å². The zero-order chi connectivity index (χ0) is 13.5. The van der Waals surface area contributed by atoms with Crippen molar-refractivity contribution < 1.29 is 14.7 Å². The number of rotatable bonds is 6. The van der Waals surface area contributed by atoms with Gasteiger partial charge in [0, 0.05) is 17.5 Å². The summed E-state index contributed by atoms with van der Waals surface area (Å²) in [6.07, 6.45) is 3.50. The zero-order valence-electron chi connectivity index (χ0n) is 9.85. The maximum absolute atomic E-state index is 11.4. The molecule has 0 bridgehead atoms. The second kappa shape index (κ2) is 7.18. The molecule has 6 heteroatoms. The van der Waals surface area contributed by atoms with Gasteiger partial charge in [-0.25, -0.2) is 0 Å². The minimum Gasteiger partial charge on any atom is -0.481 e. The Morgan fingerprint density at radius 2 is 2.28 bits per heavy atom. The third kappa shape index (κ3) is 4.89. The zero-order valence-corrected chi connectivity index (χ0v) is 11.4. The van der Waals surface area contributed by atoms with E-state index < -0.39 is 11.9 Å². The fourth-order valence-corrected chi connectivity index (χ4v) is 2.23. The summed E-state index contributed by atoms with van der Waals surface area (Å²) in [4.78, 5) is 23.1. The minimum atomic E-state index is -0.896. The molecule has 4 nitrogen and oxygen atoms in total. The number of carboxylic acids is 1. The summed E-state index contributed by atoms with van der Waals surface area (Å²) >= 11 is 7.12. The van der Waals surface area contributed by atoms with Gasteiger partial charge in [0.2, 0.25) is 5.91 Å². The third-order valence-corrected chi connectivity index (χ3v) is 3.55. The Morgan fingerprint density at radius 3 is 2.78 bits per heavy atom. The highest BCUT2D eigenvalue weighted by molar-refractivity contribution is 7.17. The fourth-order valence-electron chi connectivity index (χ4n) is 1.26. The first-order valence-corrected chi connectivity index (χ1v) is 6.66. The number of halogens is 1. The van der Waals surface area contributed by atoms with E-state index in [0.717, 1.165) is 4.88 Å². The number of thiophene rings is 1. The van der Waals surface area contributed by atoms with Crippen LogP contribution in [0.25, 0.3) is 6.08 Å². The van der Waals surface area contributed by atoms with Crippen molar-refractivity contribution in [2.45, 2.75) is 13.3 Å². The van der Waals surface area contributed by atoms with Crippen LogP contribution >= 0.6 is 22.9 Å². The summed E-state index contributed by atoms with van der Waals surface area (Å²) in [7, 11) is 0. The molecule has 0 saturated heterocycles. The first-order valence-electron chi connectivity index (χ1n) is 5.47. The second-order valence-corrected chi connectivity index (χ2v) is 5.41. The molecule has 1 aromatic heterocycles. The lowest BCUT2D eigenvalue weighted by Crippen LogP contribution is -2.31. The highest BCUT2D eigenvalue weighted by atomic mass is 35.5. The lowest BCUT2D eigenvalue weighted by Gasteiger charge is -2.09. The van der Waals surface area contributed by atoms with Gasteiger partial charge in [-0.15, -0.1) is 11.3 Å². The molecule has 0 aromatic carbocycles. The molecule has 1 rings (SSSR count). The van der Waals surface area contributed by atoms with E-state index in [1.807, 2.05) is 6.07 Å². The van der Waals surface area contributed by atoms with Crippen molar-refractivity contribution in [2.24, 2.45) is 5.92 Å². The van der Waals surface area contributed by atoms with Crippen LogP contribution in [0.4, 0.5) is 0 Å². The molecule has 0 aliphatic rings. The van der Waals surface area contributed by atoms with E-state index in [1.165, 1.54) is 17.4 Å². The summed E-state index contributed by atoms with van der Waals surface area (Å²) in [5.41, 5.74) is 0. The lowest BCUT2D eigenvalue weighted by atomic mass is 10.1. The molecule has 18 heavy (non-hydrogen) atoms. The average Bonchev–Trinajstić information content (AvgIpc) is 2.73. The van der Waals surface area contributed by atoms with Gasteiger partial charge < -0.3 is 10.4 Å². The maximum atomic E-state index is 11.4. The summed E-state index contributed by atoms with van der Waals surface area (Å²) < 4.78 is 0.659. The largest absolute Gasteiger partial charge is 0.481 e. The molecule has 1 aromatic rings. The average molecular weight is 288 g/mol. The summed E-state index contributed by atoms with van der Waals surface area (Å²) in [5, 5.41) is 11.4. The van der Waals surface area contributed by atoms with Crippen LogP contribution in [0.2, 0.25) is 4.34 Å². The van der Waals surface area contributed by atoms with E-state index >= 15 is 0 Å². The molecule has 0 radical (unpaired) electrons. The monoisotopic (exact) mass is 287 g/mol. The number of carbonyl (C=O) groups is 2. The second-order valence-electron chi connectivity index (χ2n) is 3.66. The minimum absolute atomic E-state index is 0.139. The Kier molecular flexibility index (Phi) is 5.88. The summed E-state index contributed by atoms with van der Waals surface area (Å²) in [6, 6.07) is 3.56. The molecule has 0 saturated carbocycles. The van der Waals surface area contributed by atoms with Crippen molar-refractivity contribution in [1.82, 2.24) is 5.32 Å². The Balaban J connectivity index is 2.42. The molecular formula is C12H14ClNO3S. The van der Waals surface area contributed by atoms with Gasteiger partial charge in [0.1, 0.15) is 0 Å². The van der Waals surface area contributed by atoms with Gasteiger partial charge in [-0.1, -0.05) is 18.5 Å². The van der Waals surface area contributed by atoms with Gasteiger partial charge in [0.15, 0.2) is 0 Å². The van der Waals surface area contributed by atoms with Crippen LogP contribution in [0.15, 0.2) is 18.2 Å². The molecule has 2 N–H and O–H groups in total. The number of carboxylic acid groups (broad SMARTS) is 1. The van der Waals surface area contributed by atoms with Gasteiger partial charge in [-0.2, -0.15) is 0 Å². The van der Waals surface area contributed by atoms with Crippen LogP contribution in [0.1, 0.15) is 18.2 Å². The van der Waals surface area contributed by atoms with Gasteiger partial charge >= 0.3 is 5.97 Å². The molecule has 1 amide bonds. The van der Waals surface area contributed by atoms with E-state index in [1.54, 1.807) is 19.1 Å². The SMILES string of the molecule is CCC(CNC(=O)C=Cc1ccc(Cl)s1)C(=O)O. The number of carbonyl (C=O) groups excluding carboxylic acids is 1. The van der Waals surface area contributed by atoms with Crippen LogP contribution in [0, 0.1) is 5.92 Å². The van der Waals surface area contributed by atoms with Crippen molar-refractivity contribution in [3.8, 4) is 0 Å². The predicted octanol–water partition coefficient (Wildman–Crippen LogP) is 2.64. The van der Waals surface area contributed by atoms with Crippen molar-refractivity contribution in [3.05, 3.63) is 27.4 Å². The van der Waals surface area contributed by atoms with Crippen LogP contribution in [0.3, 0.4) is 0 Å². The van der Waals surface area contributed by atoms with E-state index in [0.29, 0.717) is 10.8 Å². The first kappa shape index (κ1) is 14.7. The van der Waals surface area contributed by atoms with Crippen LogP contribution < -0.4 is 5.32 Å². The number of aliphatic carboxylic acids is 1. The Bertz CT molecular complexity index is 456. The number of hydrogen-bond acceptors (Lipinski definition) is 3. The molecule has 1 heterocycles. The highest BCUT2D eigenvalue weighted by Gasteiger charge is 2.14. The molecular weight excluding hydrogens is 274 g/mol. The number of amides is 1. The highest BCUT2D eigenvalue weighted by Crippen LogP contribution is 2.22. The van der Waals surface area contributed by atoms with Gasteiger partial charge in [-0.05, 0) is 24.6 Å². The third-order valence-electron chi connectivity index (χ3n) is 2.36. The Hall–Kier alpha value is -1.33. The molecule has 0 spiro atoms. The summed E-state index contributed by atoms with van der Waals surface area (Å²) in [6.45, 7) is 1.91. The Labute approximate surface area is 114 Å². The smallest absolute Gasteiger partial charge is 0.308 e. The molecule has 0 aliphatic heterocycles. The molecule has 0 fully saturated rings. The number of nitrogens with one attached hydrogen (secondary N) is 1. The van der Waals surface area contributed by atoms with E-state index in [9.17, 15) is 9.59 Å². The lowest BCUT2D eigenvalue weighted by molar-refractivity contribution is -0.141. The van der Waals surface area contributed by atoms with Crippen LogP contribution in [-0.2, 0) is 9.59 Å². The van der Waals surface area contributed by atoms with Crippen LogP contribution in [0.5, 0.6) is 0 Å². The van der Waals surface area contributed by atoms with Crippen LogP contribution in [-0.4, -0.2) is 23.5 Å². The van der Waals surface area contributed by atoms with Gasteiger partial charge in [-0.3, -0.25) is 9.59 Å². The number of hydrogen-bond donors (Lipinski definition) is 2. The van der Waals surface area contributed by atoms with E-state index in [-0.39, 0.29) is 12.5 Å². The Morgan fingerprint density at radius 1 is 1.56 bits per heavy atom.